The average Bonchev–Trinajstić information content (AvgIpc) is 2.17. The Morgan fingerprint density at radius 1 is 1.60 bits per heavy atom. The lowest BCUT2D eigenvalue weighted by atomic mass is 10.1. The highest BCUT2D eigenvalue weighted by Crippen LogP contribution is 2.23. The van der Waals surface area contributed by atoms with Crippen molar-refractivity contribution < 1.29 is 9.66 Å². The average molecular weight is 210 g/mol. The van der Waals surface area contributed by atoms with Crippen molar-refractivity contribution in [1.29, 1.82) is 0 Å². The molecule has 0 fully saturated rings. The molecule has 0 aliphatic heterocycles. The predicted octanol–water partition coefficient (Wildman–Crippen LogP) is 2.41. The second kappa shape index (κ2) is 5.29. The van der Waals surface area contributed by atoms with Crippen molar-refractivity contribution in [1.82, 2.24) is 4.98 Å². The first-order valence-electron chi connectivity index (χ1n) is 4.83. The Labute approximate surface area is 88.2 Å². The van der Waals surface area contributed by atoms with Gasteiger partial charge in [-0.15, -0.1) is 0 Å². The van der Waals surface area contributed by atoms with Crippen LogP contribution in [-0.2, 0) is 0 Å². The zero-order valence-electron chi connectivity index (χ0n) is 8.84. The lowest BCUT2D eigenvalue weighted by Crippen LogP contribution is -2.04. The number of pyridine rings is 1. The Morgan fingerprint density at radius 3 is 2.93 bits per heavy atom. The van der Waals surface area contributed by atoms with E-state index in [1.165, 1.54) is 6.20 Å². The summed E-state index contributed by atoms with van der Waals surface area (Å²) in [6.45, 7) is 4.62. The molecular formula is C10H14N2O3. The smallest absolute Gasteiger partial charge is 0.406 e. The van der Waals surface area contributed by atoms with Gasteiger partial charge >= 0.3 is 5.82 Å². The predicted molar refractivity (Wildman–Crippen MR) is 55.8 cm³/mol. The molecule has 0 saturated carbocycles. The first kappa shape index (κ1) is 11.4. The molecule has 1 heterocycles. The summed E-state index contributed by atoms with van der Waals surface area (Å²) in [5, 5.41) is 10.6. The van der Waals surface area contributed by atoms with Gasteiger partial charge in [0.05, 0.1) is 6.61 Å². The maximum absolute atomic E-state index is 10.6. The van der Waals surface area contributed by atoms with Crippen molar-refractivity contribution in [3.8, 4) is 5.75 Å². The summed E-state index contributed by atoms with van der Waals surface area (Å²) in [5.74, 6) is 0.533. The molecule has 5 nitrogen and oxygen atoms in total. The summed E-state index contributed by atoms with van der Waals surface area (Å²) in [4.78, 5) is 13.7. The highest BCUT2D eigenvalue weighted by atomic mass is 16.6. The van der Waals surface area contributed by atoms with Gasteiger partial charge in [0.15, 0.2) is 0 Å². The van der Waals surface area contributed by atoms with Gasteiger partial charge in [-0.1, -0.05) is 13.8 Å². The van der Waals surface area contributed by atoms with Crippen LogP contribution in [0.5, 0.6) is 5.75 Å². The Balaban J connectivity index is 2.63. The van der Waals surface area contributed by atoms with Gasteiger partial charge < -0.3 is 14.9 Å². The first-order chi connectivity index (χ1) is 7.11. The number of nitrogens with zero attached hydrogens (tertiary/aromatic N) is 2. The third-order valence-corrected chi connectivity index (χ3v) is 1.88. The standard InChI is InChI=1S/C10H14N2O3/c1-8(2)5-7-15-9-4-3-6-11-10(9)12(13)14/h3-4,6,8H,5,7H2,1-2H3. The molecule has 5 heteroatoms. The molecule has 0 N–H and O–H groups in total. The molecule has 0 spiro atoms. The molecule has 82 valence electrons. The molecular weight excluding hydrogens is 196 g/mol. The van der Waals surface area contributed by atoms with E-state index in [1.807, 2.05) is 0 Å². The van der Waals surface area contributed by atoms with E-state index in [4.69, 9.17) is 4.74 Å². The van der Waals surface area contributed by atoms with E-state index < -0.39 is 4.92 Å². The number of nitro groups is 1. The van der Waals surface area contributed by atoms with Gasteiger partial charge in [0.2, 0.25) is 5.75 Å². The molecule has 0 atom stereocenters. The van der Waals surface area contributed by atoms with Gasteiger partial charge in [-0.05, 0) is 34.4 Å². The molecule has 0 bridgehead atoms. The summed E-state index contributed by atoms with van der Waals surface area (Å²) < 4.78 is 5.31. The molecule has 1 rings (SSSR count). The first-order valence-corrected chi connectivity index (χ1v) is 4.83. The van der Waals surface area contributed by atoms with Crippen LogP contribution in [0.25, 0.3) is 0 Å². The highest BCUT2D eigenvalue weighted by molar-refractivity contribution is 5.38. The van der Waals surface area contributed by atoms with E-state index in [-0.39, 0.29) is 11.6 Å². The minimum absolute atomic E-state index is 0.221. The molecule has 15 heavy (non-hydrogen) atoms. The fourth-order valence-electron chi connectivity index (χ4n) is 1.04. The molecule has 0 aromatic carbocycles. The number of ether oxygens (including phenoxy) is 1. The normalized spacial score (nSPS) is 10.3. The van der Waals surface area contributed by atoms with Crippen LogP contribution in [-0.4, -0.2) is 16.5 Å². The van der Waals surface area contributed by atoms with Crippen LogP contribution in [0.2, 0.25) is 0 Å². The van der Waals surface area contributed by atoms with E-state index in [0.717, 1.165) is 6.42 Å². The summed E-state index contributed by atoms with van der Waals surface area (Å²) in [7, 11) is 0. The third kappa shape index (κ3) is 3.53. The molecule has 0 saturated heterocycles. The molecule has 0 radical (unpaired) electrons. The summed E-state index contributed by atoms with van der Waals surface area (Å²) >= 11 is 0. The molecule has 0 amide bonds. The van der Waals surface area contributed by atoms with Crippen LogP contribution in [0.15, 0.2) is 18.3 Å². The maximum atomic E-state index is 10.6. The van der Waals surface area contributed by atoms with Crippen molar-refractivity contribution in [3.05, 3.63) is 28.4 Å². The van der Waals surface area contributed by atoms with E-state index >= 15 is 0 Å². The lowest BCUT2D eigenvalue weighted by molar-refractivity contribution is -0.390. The van der Waals surface area contributed by atoms with Crippen molar-refractivity contribution in [3.63, 3.8) is 0 Å². The highest BCUT2D eigenvalue weighted by Gasteiger charge is 2.15. The Morgan fingerprint density at radius 2 is 2.33 bits per heavy atom. The van der Waals surface area contributed by atoms with Crippen LogP contribution in [0.4, 0.5) is 5.82 Å². The minimum Gasteiger partial charge on any atom is -0.486 e. The fourth-order valence-corrected chi connectivity index (χ4v) is 1.04. The van der Waals surface area contributed by atoms with Gasteiger partial charge in [-0.2, -0.15) is 0 Å². The second-order valence-corrected chi connectivity index (χ2v) is 3.61. The van der Waals surface area contributed by atoms with Crippen LogP contribution in [0.3, 0.4) is 0 Å². The summed E-state index contributed by atoms with van der Waals surface area (Å²) in [6, 6.07) is 3.18. The van der Waals surface area contributed by atoms with E-state index in [2.05, 4.69) is 18.8 Å². The van der Waals surface area contributed by atoms with Crippen molar-refractivity contribution in [2.24, 2.45) is 5.92 Å². The topological polar surface area (TPSA) is 65.3 Å². The van der Waals surface area contributed by atoms with Crippen molar-refractivity contribution >= 4 is 5.82 Å². The van der Waals surface area contributed by atoms with Crippen LogP contribution in [0.1, 0.15) is 20.3 Å². The van der Waals surface area contributed by atoms with Gasteiger partial charge in [0.25, 0.3) is 0 Å². The molecule has 0 unspecified atom stereocenters. The molecule has 1 aromatic rings. The van der Waals surface area contributed by atoms with Crippen molar-refractivity contribution in [2.75, 3.05) is 6.61 Å². The lowest BCUT2D eigenvalue weighted by Gasteiger charge is -2.07. The van der Waals surface area contributed by atoms with Crippen LogP contribution in [0, 0.1) is 16.0 Å². The van der Waals surface area contributed by atoms with Crippen LogP contribution >= 0.6 is 0 Å². The minimum atomic E-state index is -0.537. The largest absolute Gasteiger partial charge is 0.486 e. The zero-order chi connectivity index (χ0) is 11.3. The quantitative estimate of drug-likeness (QED) is 0.553. The SMILES string of the molecule is CC(C)CCOc1cccnc1[N+](=O)[O-]. The maximum Gasteiger partial charge on any atom is 0.406 e. The molecule has 1 aromatic heterocycles. The fraction of sp³-hybridized carbons (Fsp3) is 0.500. The Hall–Kier alpha value is -1.65. The Kier molecular flexibility index (Phi) is 4.03. The molecule has 0 aliphatic rings. The molecule has 0 aliphatic carbocycles. The third-order valence-electron chi connectivity index (χ3n) is 1.88. The van der Waals surface area contributed by atoms with E-state index in [1.54, 1.807) is 12.1 Å². The summed E-state index contributed by atoms with van der Waals surface area (Å²) in [5.41, 5.74) is 0. The van der Waals surface area contributed by atoms with Gasteiger partial charge in [0, 0.05) is 0 Å². The van der Waals surface area contributed by atoms with Gasteiger partial charge in [-0.3, -0.25) is 0 Å². The summed E-state index contributed by atoms with van der Waals surface area (Å²) in [6.07, 6.45) is 2.25. The number of hydrogen-bond donors (Lipinski definition) is 0. The number of aromatic nitrogens is 1. The van der Waals surface area contributed by atoms with Crippen LogP contribution < -0.4 is 4.74 Å². The van der Waals surface area contributed by atoms with Gasteiger partial charge in [-0.25, -0.2) is 0 Å². The van der Waals surface area contributed by atoms with Crippen molar-refractivity contribution in [2.45, 2.75) is 20.3 Å². The zero-order valence-corrected chi connectivity index (χ0v) is 8.84. The number of hydrogen-bond acceptors (Lipinski definition) is 4. The second-order valence-electron chi connectivity index (χ2n) is 3.61. The van der Waals surface area contributed by atoms with E-state index in [9.17, 15) is 10.1 Å². The Bertz CT molecular complexity index is 339. The van der Waals surface area contributed by atoms with Gasteiger partial charge in [0.1, 0.15) is 6.20 Å². The monoisotopic (exact) mass is 210 g/mol. The number of rotatable bonds is 5. The van der Waals surface area contributed by atoms with E-state index in [0.29, 0.717) is 12.5 Å².